The van der Waals surface area contributed by atoms with Crippen molar-refractivity contribution in [1.82, 2.24) is 24.1 Å². The Morgan fingerprint density at radius 3 is 1.32 bits per heavy atom. The predicted octanol–water partition coefficient (Wildman–Crippen LogP) is 14.6. The molecule has 0 fully saturated rings. The Morgan fingerprint density at radius 2 is 0.730 bits per heavy atom. The van der Waals surface area contributed by atoms with Gasteiger partial charge < -0.3 is 13.6 Å². The van der Waals surface area contributed by atoms with Gasteiger partial charge in [-0.05, 0) is 60.2 Å². The van der Waals surface area contributed by atoms with Gasteiger partial charge in [0.2, 0.25) is 0 Å². The third-order valence-corrected chi connectivity index (χ3v) is 12.3. The van der Waals surface area contributed by atoms with Crippen LogP contribution in [0.1, 0.15) is 0 Å². The zero-order valence-corrected chi connectivity index (χ0v) is 33.9. The summed E-state index contributed by atoms with van der Waals surface area (Å²) in [5, 5.41) is 6.98. The quantitative estimate of drug-likeness (QED) is 0.168. The molecule has 0 unspecified atom stereocenters. The van der Waals surface area contributed by atoms with Crippen LogP contribution in [-0.4, -0.2) is 24.1 Å². The summed E-state index contributed by atoms with van der Waals surface area (Å²) in [5.74, 6) is 1.76. The fraction of sp³-hybridized carbons (Fsp3) is 0. The number of hydrogen-bond acceptors (Lipinski definition) is 4. The van der Waals surface area contributed by atoms with Crippen molar-refractivity contribution in [1.29, 1.82) is 0 Å². The monoisotopic (exact) mass is 805 g/mol. The highest BCUT2D eigenvalue weighted by Gasteiger charge is 2.20. The van der Waals surface area contributed by atoms with E-state index < -0.39 is 0 Å². The van der Waals surface area contributed by atoms with Crippen molar-refractivity contribution >= 4 is 65.6 Å². The Kier molecular flexibility index (Phi) is 7.80. The standard InChI is InChI=1S/C57H35N5O/c1-2-16-36(17-3-1)55-58-56(38-19-14-18-37(32-38)42-25-15-26-48-47-24-8-13-31-53(47)63-54(42)48)60-57(59-55)39-33-40(61-49-27-9-4-20-43(49)44-21-5-10-28-50(44)61)35-41(34-39)62-51-29-11-6-22-45(51)46-23-7-12-30-52(46)62/h1-35H. The molecule has 6 nitrogen and oxygen atoms in total. The molecule has 0 spiro atoms. The summed E-state index contributed by atoms with van der Waals surface area (Å²) in [6, 6.07) is 74.5. The van der Waals surface area contributed by atoms with Crippen LogP contribution >= 0.6 is 0 Å². The first kappa shape index (κ1) is 35.2. The van der Waals surface area contributed by atoms with Crippen molar-refractivity contribution < 1.29 is 4.42 Å². The van der Waals surface area contributed by atoms with E-state index in [1.807, 2.05) is 30.3 Å². The van der Waals surface area contributed by atoms with Crippen LogP contribution < -0.4 is 0 Å². The second-order valence-corrected chi connectivity index (χ2v) is 16.0. The molecule has 4 aromatic heterocycles. The van der Waals surface area contributed by atoms with Gasteiger partial charge in [-0.25, -0.2) is 15.0 Å². The van der Waals surface area contributed by atoms with Crippen molar-refractivity contribution in [2.24, 2.45) is 0 Å². The molecule has 294 valence electrons. The minimum Gasteiger partial charge on any atom is -0.455 e. The Labute approximate surface area is 361 Å². The molecule has 4 heterocycles. The highest BCUT2D eigenvalue weighted by atomic mass is 16.3. The molecule has 0 aliphatic heterocycles. The minimum atomic E-state index is 0.577. The highest BCUT2D eigenvalue weighted by Crippen LogP contribution is 2.40. The summed E-state index contributed by atoms with van der Waals surface area (Å²) in [5.41, 5.74) is 12.9. The highest BCUT2D eigenvalue weighted by molar-refractivity contribution is 6.11. The van der Waals surface area contributed by atoms with Crippen molar-refractivity contribution in [3.8, 4) is 56.7 Å². The van der Waals surface area contributed by atoms with Crippen molar-refractivity contribution in [2.45, 2.75) is 0 Å². The van der Waals surface area contributed by atoms with Gasteiger partial charge in [0.15, 0.2) is 17.5 Å². The molecule has 0 saturated carbocycles. The van der Waals surface area contributed by atoms with Crippen LogP contribution in [0.5, 0.6) is 0 Å². The third kappa shape index (κ3) is 5.62. The molecule has 0 N–H and O–H groups in total. The molecule has 0 aliphatic rings. The molecule has 6 heteroatoms. The normalized spacial score (nSPS) is 11.8. The van der Waals surface area contributed by atoms with Gasteiger partial charge in [-0.2, -0.15) is 0 Å². The van der Waals surface area contributed by atoms with Gasteiger partial charge in [-0.1, -0.05) is 158 Å². The molecule has 13 aromatic rings. The Hall–Kier alpha value is -8.61. The van der Waals surface area contributed by atoms with E-state index in [2.05, 4.69) is 191 Å². The van der Waals surface area contributed by atoms with E-state index in [0.29, 0.717) is 17.5 Å². The number of aromatic nitrogens is 5. The first-order valence-electron chi connectivity index (χ1n) is 21.2. The summed E-state index contributed by atoms with van der Waals surface area (Å²) < 4.78 is 11.2. The maximum Gasteiger partial charge on any atom is 0.164 e. The molecular weight excluding hydrogens is 771 g/mol. The molecule has 13 rings (SSSR count). The minimum absolute atomic E-state index is 0.577. The lowest BCUT2D eigenvalue weighted by Gasteiger charge is -2.16. The van der Waals surface area contributed by atoms with Gasteiger partial charge in [0.25, 0.3) is 0 Å². The Morgan fingerprint density at radius 1 is 0.302 bits per heavy atom. The second kappa shape index (κ2) is 14.0. The molecule has 0 radical (unpaired) electrons. The number of furan rings is 1. The number of nitrogens with zero attached hydrogens (tertiary/aromatic N) is 5. The zero-order valence-electron chi connectivity index (χ0n) is 33.9. The maximum absolute atomic E-state index is 6.48. The molecule has 0 bridgehead atoms. The number of hydrogen-bond donors (Lipinski definition) is 0. The lowest BCUT2D eigenvalue weighted by Crippen LogP contribution is -2.03. The van der Waals surface area contributed by atoms with Crippen LogP contribution in [0.2, 0.25) is 0 Å². The van der Waals surface area contributed by atoms with Crippen LogP contribution in [0.15, 0.2) is 217 Å². The van der Waals surface area contributed by atoms with Gasteiger partial charge in [0.05, 0.1) is 22.1 Å². The fourth-order valence-electron chi connectivity index (χ4n) is 9.53. The van der Waals surface area contributed by atoms with Gasteiger partial charge in [0, 0.05) is 65.9 Å². The van der Waals surface area contributed by atoms with E-state index in [1.54, 1.807) is 0 Å². The van der Waals surface area contributed by atoms with E-state index in [-0.39, 0.29) is 0 Å². The smallest absolute Gasteiger partial charge is 0.164 e. The molecule has 0 amide bonds. The van der Waals surface area contributed by atoms with Crippen LogP contribution in [0.3, 0.4) is 0 Å². The second-order valence-electron chi connectivity index (χ2n) is 16.0. The van der Waals surface area contributed by atoms with E-state index in [4.69, 9.17) is 19.4 Å². The van der Waals surface area contributed by atoms with Crippen LogP contribution in [0.25, 0.3) is 122 Å². The van der Waals surface area contributed by atoms with Crippen molar-refractivity contribution in [3.63, 3.8) is 0 Å². The largest absolute Gasteiger partial charge is 0.455 e. The average molecular weight is 806 g/mol. The molecule has 0 atom stereocenters. The predicted molar refractivity (Wildman–Crippen MR) is 258 cm³/mol. The molecule has 63 heavy (non-hydrogen) atoms. The zero-order chi connectivity index (χ0) is 41.4. The number of para-hydroxylation sites is 6. The fourth-order valence-corrected chi connectivity index (χ4v) is 9.53. The summed E-state index contributed by atoms with van der Waals surface area (Å²) >= 11 is 0. The van der Waals surface area contributed by atoms with Crippen LogP contribution in [0, 0.1) is 0 Å². The SMILES string of the molecule is c1ccc(-c2nc(-c3cccc(-c4cccc5c4oc4ccccc45)c3)nc(-c3cc(-n4c5ccccc5c5ccccc54)cc(-n4c5ccccc5c5ccccc54)c3)n2)cc1. The summed E-state index contributed by atoms with van der Waals surface area (Å²) in [7, 11) is 0. The van der Waals surface area contributed by atoms with Gasteiger partial charge in [0.1, 0.15) is 11.2 Å². The molecule has 0 aliphatic carbocycles. The van der Waals surface area contributed by atoms with Crippen molar-refractivity contribution in [3.05, 3.63) is 212 Å². The van der Waals surface area contributed by atoms with Crippen molar-refractivity contribution in [2.75, 3.05) is 0 Å². The van der Waals surface area contributed by atoms with Crippen LogP contribution in [0.4, 0.5) is 0 Å². The molecule has 9 aromatic carbocycles. The van der Waals surface area contributed by atoms with E-state index in [0.717, 1.165) is 83.2 Å². The summed E-state index contributed by atoms with van der Waals surface area (Å²) in [6.07, 6.45) is 0. The van der Waals surface area contributed by atoms with Gasteiger partial charge in [-0.3, -0.25) is 0 Å². The first-order valence-corrected chi connectivity index (χ1v) is 21.2. The lowest BCUT2D eigenvalue weighted by molar-refractivity contribution is 0.670. The van der Waals surface area contributed by atoms with Gasteiger partial charge in [-0.15, -0.1) is 0 Å². The lowest BCUT2D eigenvalue weighted by atomic mass is 10.00. The number of fused-ring (bicyclic) bond motifs is 9. The number of rotatable bonds is 6. The van der Waals surface area contributed by atoms with Gasteiger partial charge >= 0.3 is 0 Å². The Bertz CT molecular complexity index is 3690. The van der Waals surface area contributed by atoms with Crippen LogP contribution in [-0.2, 0) is 0 Å². The summed E-state index contributed by atoms with van der Waals surface area (Å²) in [4.78, 5) is 15.8. The molecular formula is C57H35N5O. The van der Waals surface area contributed by atoms with E-state index in [1.165, 1.54) is 21.5 Å². The number of benzene rings is 9. The van der Waals surface area contributed by atoms with E-state index >= 15 is 0 Å². The average Bonchev–Trinajstić information content (AvgIpc) is 4.02. The third-order valence-electron chi connectivity index (χ3n) is 12.3. The maximum atomic E-state index is 6.48. The molecule has 0 saturated heterocycles. The topological polar surface area (TPSA) is 61.7 Å². The van der Waals surface area contributed by atoms with E-state index in [9.17, 15) is 0 Å². The Balaban J connectivity index is 1.07. The summed E-state index contributed by atoms with van der Waals surface area (Å²) in [6.45, 7) is 0. The first-order chi connectivity index (χ1) is 31.2.